The molecule has 0 aromatic carbocycles. The van der Waals surface area contributed by atoms with Gasteiger partial charge in [-0.1, -0.05) is 19.1 Å². The molecule has 122 valence electrons. The van der Waals surface area contributed by atoms with Crippen molar-refractivity contribution in [2.75, 3.05) is 14.2 Å². The molecular weight excluding hydrogens is 290 g/mol. The molecule has 0 bridgehead atoms. The number of nitrogens with zero attached hydrogens (tertiary/aromatic N) is 1. The molecule has 1 saturated heterocycles. The minimum atomic E-state index is -1.83. The molecule has 0 saturated carbocycles. The minimum absolute atomic E-state index is 0.377. The fraction of sp³-hybridized carbons (Fsp3) is 0.600. The quantitative estimate of drug-likeness (QED) is 0.758. The van der Waals surface area contributed by atoms with Crippen LogP contribution in [0.15, 0.2) is 23.8 Å². The van der Waals surface area contributed by atoms with E-state index in [0.29, 0.717) is 12.0 Å². The van der Waals surface area contributed by atoms with Gasteiger partial charge in [0.25, 0.3) is 5.91 Å². The number of methoxy groups -OCH3 is 1. The Morgan fingerprint density at radius 2 is 1.95 bits per heavy atom. The molecule has 1 aliphatic carbocycles. The normalized spacial score (nSPS) is 40.3. The second-order valence-electron chi connectivity index (χ2n) is 5.52. The van der Waals surface area contributed by atoms with Gasteiger partial charge in [-0.2, -0.15) is 5.06 Å². The minimum Gasteiger partial charge on any atom is -0.386 e. The van der Waals surface area contributed by atoms with E-state index in [9.17, 15) is 19.8 Å². The van der Waals surface area contributed by atoms with E-state index in [4.69, 9.17) is 9.57 Å². The number of carbonyl (C=O) groups excluding carboxylic acids is 2. The molecule has 1 heterocycles. The Labute approximate surface area is 128 Å². The van der Waals surface area contributed by atoms with Gasteiger partial charge in [0.2, 0.25) is 0 Å². The zero-order valence-corrected chi connectivity index (χ0v) is 13.1. The number of hydrogen-bond acceptors (Lipinski definition) is 6. The number of hydroxylamine groups is 2. The first-order valence-electron chi connectivity index (χ1n) is 7.04. The summed E-state index contributed by atoms with van der Waals surface area (Å²) in [5.74, 6) is -1.35. The standard InChI is InChI=1S/C15H21NO6/c1-5-6-9-7-8-10(17)11(18)15(9)12(19)14(2,21-3)16(22-4)13(15)20/h6-8,11-12,18-19H,5H2,1-4H3/b9-6-/t11-,12-,14+,15-/m1/s1. The lowest BCUT2D eigenvalue weighted by Gasteiger charge is -2.39. The predicted molar refractivity (Wildman–Crippen MR) is 76.2 cm³/mol. The van der Waals surface area contributed by atoms with E-state index in [2.05, 4.69) is 0 Å². The first kappa shape index (κ1) is 16.8. The topological polar surface area (TPSA) is 96.3 Å². The third-order valence-electron chi connectivity index (χ3n) is 4.51. The summed E-state index contributed by atoms with van der Waals surface area (Å²) in [6, 6.07) is 0. The Hall–Kier alpha value is -1.54. The van der Waals surface area contributed by atoms with Crippen molar-refractivity contribution in [2.24, 2.45) is 5.41 Å². The number of carbonyl (C=O) groups is 2. The summed E-state index contributed by atoms with van der Waals surface area (Å²) in [4.78, 5) is 29.9. The molecule has 0 radical (unpaired) electrons. The van der Waals surface area contributed by atoms with Gasteiger partial charge in [0.05, 0.1) is 7.11 Å². The number of ketones is 1. The molecule has 1 aliphatic heterocycles. The Kier molecular flexibility index (Phi) is 4.27. The molecule has 7 nitrogen and oxygen atoms in total. The van der Waals surface area contributed by atoms with Gasteiger partial charge >= 0.3 is 0 Å². The van der Waals surface area contributed by atoms with Crippen molar-refractivity contribution in [3.8, 4) is 0 Å². The molecule has 2 N–H and O–H groups in total. The number of aliphatic hydroxyl groups excluding tert-OH is 2. The first-order chi connectivity index (χ1) is 10.3. The molecule has 1 amide bonds. The fourth-order valence-corrected chi connectivity index (χ4v) is 3.27. The Morgan fingerprint density at radius 3 is 2.41 bits per heavy atom. The van der Waals surface area contributed by atoms with Crippen molar-refractivity contribution in [2.45, 2.75) is 38.2 Å². The average molecular weight is 311 g/mol. The predicted octanol–water partition coefficient (Wildman–Crippen LogP) is -0.0639. The van der Waals surface area contributed by atoms with Crippen LogP contribution in [-0.2, 0) is 19.2 Å². The smallest absolute Gasteiger partial charge is 0.265 e. The fourth-order valence-electron chi connectivity index (χ4n) is 3.27. The van der Waals surface area contributed by atoms with Crippen LogP contribution in [0.25, 0.3) is 0 Å². The van der Waals surface area contributed by atoms with Gasteiger partial charge < -0.3 is 14.9 Å². The van der Waals surface area contributed by atoms with E-state index in [0.717, 1.165) is 5.06 Å². The number of allylic oxidation sites excluding steroid dienone is 2. The summed E-state index contributed by atoms with van der Waals surface area (Å²) in [5.41, 5.74) is -2.98. The molecule has 1 fully saturated rings. The maximum absolute atomic E-state index is 12.9. The summed E-state index contributed by atoms with van der Waals surface area (Å²) in [5, 5.41) is 22.1. The van der Waals surface area contributed by atoms with E-state index in [-0.39, 0.29) is 0 Å². The second-order valence-corrected chi connectivity index (χ2v) is 5.52. The van der Waals surface area contributed by atoms with Crippen LogP contribution in [0.3, 0.4) is 0 Å². The van der Waals surface area contributed by atoms with Crippen LogP contribution in [0.4, 0.5) is 0 Å². The van der Waals surface area contributed by atoms with Crippen LogP contribution in [0.5, 0.6) is 0 Å². The van der Waals surface area contributed by atoms with Crippen molar-refractivity contribution < 1.29 is 29.4 Å². The summed E-state index contributed by atoms with van der Waals surface area (Å²) in [6.45, 7) is 3.32. The number of rotatable bonds is 3. The summed E-state index contributed by atoms with van der Waals surface area (Å²) in [6.07, 6.45) is 1.74. The molecule has 4 atom stereocenters. The molecule has 2 aliphatic rings. The van der Waals surface area contributed by atoms with E-state index in [1.165, 1.54) is 33.3 Å². The third kappa shape index (κ3) is 1.83. The van der Waals surface area contributed by atoms with Crippen LogP contribution in [0, 0.1) is 5.41 Å². The highest BCUT2D eigenvalue weighted by Gasteiger charge is 2.71. The van der Waals surface area contributed by atoms with E-state index in [1.54, 1.807) is 6.08 Å². The zero-order valence-electron chi connectivity index (χ0n) is 13.1. The molecule has 0 aromatic heterocycles. The first-order valence-corrected chi connectivity index (χ1v) is 7.04. The number of amides is 1. The van der Waals surface area contributed by atoms with Crippen molar-refractivity contribution in [3.63, 3.8) is 0 Å². The van der Waals surface area contributed by atoms with Gasteiger partial charge in [-0.3, -0.25) is 14.4 Å². The molecule has 2 rings (SSSR count). The summed E-state index contributed by atoms with van der Waals surface area (Å²) in [7, 11) is 2.58. The molecule has 22 heavy (non-hydrogen) atoms. The van der Waals surface area contributed by atoms with Gasteiger partial charge in [0, 0.05) is 7.11 Å². The number of hydrogen-bond donors (Lipinski definition) is 2. The van der Waals surface area contributed by atoms with Crippen molar-refractivity contribution in [1.82, 2.24) is 5.06 Å². The van der Waals surface area contributed by atoms with Gasteiger partial charge in [0.1, 0.15) is 17.6 Å². The highest BCUT2D eigenvalue weighted by molar-refractivity contribution is 6.05. The van der Waals surface area contributed by atoms with Crippen LogP contribution in [0.1, 0.15) is 20.3 Å². The Morgan fingerprint density at radius 1 is 1.32 bits per heavy atom. The largest absolute Gasteiger partial charge is 0.386 e. The Bertz CT molecular complexity index is 556. The van der Waals surface area contributed by atoms with Gasteiger partial charge in [0.15, 0.2) is 11.5 Å². The highest BCUT2D eigenvalue weighted by atomic mass is 16.7. The lowest BCUT2D eigenvalue weighted by atomic mass is 9.66. The molecule has 7 heteroatoms. The van der Waals surface area contributed by atoms with E-state index in [1.807, 2.05) is 6.92 Å². The lowest BCUT2D eigenvalue weighted by molar-refractivity contribution is -0.273. The number of ether oxygens (including phenoxy) is 1. The molecular formula is C15H21NO6. The van der Waals surface area contributed by atoms with E-state index >= 15 is 0 Å². The SMILES string of the molecule is CC/C=C1/C=CC(=O)[C@@H](O)[C@]12C(=O)N(OC)[C@@](C)(OC)[C@H]2O. The van der Waals surface area contributed by atoms with Crippen LogP contribution >= 0.6 is 0 Å². The van der Waals surface area contributed by atoms with Crippen molar-refractivity contribution >= 4 is 11.7 Å². The van der Waals surface area contributed by atoms with Gasteiger partial charge in [-0.25, -0.2) is 0 Å². The second kappa shape index (κ2) is 5.58. The Balaban J connectivity index is 2.73. The third-order valence-corrected chi connectivity index (χ3v) is 4.51. The average Bonchev–Trinajstić information content (AvgIpc) is 2.67. The van der Waals surface area contributed by atoms with Crippen molar-refractivity contribution in [3.05, 3.63) is 23.8 Å². The maximum Gasteiger partial charge on any atom is 0.265 e. The van der Waals surface area contributed by atoms with E-state index < -0.39 is 35.0 Å². The molecule has 0 aromatic rings. The lowest BCUT2D eigenvalue weighted by Crippen LogP contribution is -2.56. The van der Waals surface area contributed by atoms with Crippen LogP contribution in [-0.4, -0.2) is 59.1 Å². The van der Waals surface area contributed by atoms with Crippen molar-refractivity contribution in [1.29, 1.82) is 0 Å². The van der Waals surface area contributed by atoms with Gasteiger partial charge in [-0.05, 0) is 25.0 Å². The maximum atomic E-state index is 12.9. The molecule has 0 unspecified atom stereocenters. The van der Waals surface area contributed by atoms with Crippen LogP contribution < -0.4 is 0 Å². The van der Waals surface area contributed by atoms with Crippen LogP contribution in [0.2, 0.25) is 0 Å². The molecule has 1 spiro atoms. The highest BCUT2D eigenvalue weighted by Crippen LogP contribution is 2.52. The number of aliphatic hydroxyl groups is 2. The zero-order chi connectivity index (χ0) is 16.7. The summed E-state index contributed by atoms with van der Waals surface area (Å²) < 4.78 is 5.28. The monoisotopic (exact) mass is 311 g/mol. The summed E-state index contributed by atoms with van der Waals surface area (Å²) >= 11 is 0. The van der Waals surface area contributed by atoms with Gasteiger partial charge in [-0.15, -0.1) is 0 Å².